The van der Waals surface area contributed by atoms with Crippen molar-refractivity contribution in [2.45, 2.75) is 25.3 Å². The molecule has 0 aliphatic heterocycles. The van der Waals surface area contributed by atoms with Gasteiger partial charge in [0.15, 0.2) is 0 Å². The molecule has 2 unspecified atom stereocenters. The van der Waals surface area contributed by atoms with E-state index in [1.54, 1.807) is 0 Å². The van der Waals surface area contributed by atoms with Gasteiger partial charge in [0.1, 0.15) is 5.56 Å². The minimum Gasteiger partial charge on any atom is -0.750 e. The number of hydrogen-bond donors (Lipinski definition) is 0. The van der Waals surface area contributed by atoms with E-state index in [1.807, 2.05) is 6.92 Å². The van der Waals surface area contributed by atoms with Crippen molar-refractivity contribution in [3.63, 3.8) is 0 Å². The lowest BCUT2D eigenvalue weighted by Gasteiger charge is -2.09. The van der Waals surface area contributed by atoms with E-state index in [0.29, 0.717) is 6.42 Å². The summed E-state index contributed by atoms with van der Waals surface area (Å²) in [5.74, 6) is 0. The van der Waals surface area contributed by atoms with Gasteiger partial charge in [-0.15, -0.1) is 0 Å². The van der Waals surface area contributed by atoms with E-state index in [2.05, 4.69) is 4.18 Å². The van der Waals surface area contributed by atoms with Crippen LogP contribution in [0.3, 0.4) is 0 Å². The number of alkyl halides is 1. The maximum absolute atomic E-state index is 9.78. The first kappa shape index (κ1) is 9.36. The zero-order chi connectivity index (χ0) is 7.28. The van der Waals surface area contributed by atoms with E-state index in [1.165, 1.54) is 0 Å². The summed E-state index contributed by atoms with van der Waals surface area (Å²) in [6, 6.07) is 0. The summed E-state index contributed by atoms with van der Waals surface area (Å²) in [6.45, 7) is 1.90. The first-order valence-corrected chi connectivity index (χ1v) is 4.01. The van der Waals surface area contributed by atoms with Crippen LogP contribution in [0, 0.1) is 0 Å². The lowest BCUT2D eigenvalue weighted by Crippen LogP contribution is -2.06. The fourth-order valence-electron chi connectivity index (χ4n) is 0.360. The molecule has 5 heteroatoms. The summed E-state index contributed by atoms with van der Waals surface area (Å²) < 4.78 is 23.7. The zero-order valence-corrected chi connectivity index (χ0v) is 6.57. The Morgan fingerprint density at radius 2 is 2.44 bits per heavy atom. The van der Waals surface area contributed by atoms with Gasteiger partial charge in [-0.3, -0.25) is 4.18 Å². The third-order valence-electron chi connectivity index (χ3n) is 0.699. The van der Waals surface area contributed by atoms with Gasteiger partial charge in [-0.2, -0.15) is 0 Å². The van der Waals surface area contributed by atoms with Crippen LogP contribution in [-0.2, 0) is 15.5 Å². The molecule has 0 N–H and O–H groups in total. The van der Waals surface area contributed by atoms with Gasteiger partial charge in [0.25, 0.3) is 0 Å². The molecular weight excluding hydrogens is 164 g/mol. The van der Waals surface area contributed by atoms with E-state index in [-0.39, 0.29) is 0 Å². The van der Waals surface area contributed by atoms with Gasteiger partial charge >= 0.3 is 0 Å². The molecule has 0 rings (SSSR count). The molecule has 3 nitrogen and oxygen atoms in total. The molecule has 0 aliphatic rings. The van der Waals surface area contributed by atoms with Gasteiger partial charge < -0.3 is 4.55 Å². The van der Waals surface area contributed by atoms with Crippen molar-refractivity contribution in [1.82, 2.24) is 0 Å². The van der Waals surface area contributed by atoms with Crippen LogP contribution in [0.5, 0.6) is 0 Å². The van der Waals surface area contributed by atoms with Crippen molar-refractivity contribution >= 4 is 23.0 Å². The Bertz CT molecular complexity index is 97.8. The topological polar surface area (TPSA) is 49.4 Å². The van der Waals surface area contributed by atoms with Crippen LogP contribution >= 0.6 is 11.6 Å². The molecule has 0 amide bonds. The first-order valence-electron chi connectivity index (χ1n) is 2.57. The maximum atomic E-state index is 9.78. The van der Waals surface area contributed by atoms with Crippen molar-refractivity contribution in [3.8, 4) is 0 Å². The van der Waals surface area contributed by atoms with Crippen molar-refractivity contribution < 1.29 is 12.9 Å². The Hall–Kier alpha value is 0.360. The van der Waals surface area contributed by atoms with E-state index < -0.39 is 16.9 Å². The van der Waals surface area contributed by atoms with Crippen molar-refractivity contribution in [2.24, 2.45) is 0 Å². The largest absolute Gasteiger partial charge is 0.750 e. The van der Waals surface area contributed by atoms with Crippen molar-refractivity contribution in [1.29, 1.82) is 0 Å². The molecule has 0 aromatic carbocycles. The SMILES string of the molecule is CCCC(Cl)OS(=O)[O-]. The molecule has 0 radical (unpaired) electrons. The zero-order valence-electron chi connectivity index (χ0n) is 5.00. The molecule has 0 spiro atoms. The minimum atomic E-state index is -2.48. The Labute approximate surface area is 61.8 Å². The highest BCUT2D eigenvalue weighted by molar-refractivity contribution is 7.74. The van der Waals surface area contributed by atoms with E-state index in [0.717, 1.165) is 6.42 Å². The second kappa shape index (κ2) is 5.17. The molecule has 2 atom stereocenters. The van der Waals surface area contributed by atoms with Crippen LogP contribution in [0.2, 0.25) is 0 Å². The highest BCUT2D eigenvalue weighted by Crippen LogP contribution is 2.06. The number of hydrogen-bond acceptors (Lipinski definition) is 3. The molecule has 0 saturated carbocycles. The highest BCUT2D eigenvalue weighted by atomic mass is 35.5. The Morgan fingerprint density at radius 3 is 2.78 bits per heavy atom. The smallest absolute Gasteiger partial charge is 0.147 e. The molecule has 0 aliphatic carbocycles. The Balaban J connectivity index is 3.26. The van der Waals surface area contributed by atoms with Crippen molar-refractivity contribution in [3.05, 3.63) is 0 Å². The van der Waals surface area contributed by atoms with Crippen LogP contribution in [-0.4, -0.2) is 14.3 Å². The predicted molar refractivity (Wildman–Crippen MR) is 34.6 cm³/mol. The Kier molecular flexibility index (Phi) is 5.38. The fraction of sp³-hybridized carbons (Fsp3) is 1.00. The molecule has 56 valence electrons. The predicted octanol–water partition coefficient (Wildman–Crippen LogP) is 1.16. The molecule has 0 saturated heterocycles. The lowest BCUT2D eigenvalue weighted by atomic mass is 10.4. The maximum Gasteiger partial charge on any atom is 0.147 e. The van der Waals surface area contributed by atoms with Gasteiger partial charge in [-0.25, -0.2) is 4.21 Å². The van der Waals surface area contributed by atoms with E-state index >= 15 is 0 Å². The summed E-state index contributed by atoms with van der Waals surface area (Å²) >= 11 is 2.88. The summed E-state index contributed by atoms with van der Waals surface area (Å²) in [6.07, 6.45) is 1.36. The van der Waals surface area contributed by atoms with E-state index in [9.17, 15) is 8.76 Å². The standard InChI is InChI=1S/C4H9ClO3S/c1-2-3-4(5)8-9(6)7/h4H,2-3H2,1H3,(H,6,7)/p-1. The van der Waals surface area contributed by atoms with Gasteiger partial charge in [0.05, 0.1) is 11.4 Å². The van der Waals surface area contributed by atoms with Crippen molar-refractivity contribution in [2.75, 3.05) is 0 Å². The fourth-order valence-corrected chi connectivity index (χ4v) is 1.02. The third kappa shape index (κ3) is 6.24. The molecule has 9 heavy (non-hydrogen) atoms. The molecular formula is C4H8ClO3S-. The summed E-state index contributed by atoms with van der Waals surface area (Å²) in [5, 5.41) is 0. The first-order chi connectivity index (χ1) is 4.16. The number of rotatable bonds is 4. The van der Waals surface area contributed by atoms with Gasteiger partial charge in [0.2, 0.25) is 0 Å². The number of halogens is 1. The minimum absolute atomic E-state index is 0.551. The Morgan fingerprint density at radius 1 is 1.89 bits per heavy atom. The van der Waals surface area contributed by atoms with E-state index in [4.69, 9.17) is 11.6 Å². The van der Waals surface area contributed by atoms with Crippen LogP contribution in [0.25, 0.3) is 0 Å². The average molecular weight is 172 g/mol. The lowest BCUT2D eigenvalue weighted by molar-refractivity contribution is 0.261. The quantitative estimate of drug-likeness (QED) is 0.471. The molecule has 0 aromatic heterocycles. The molecule has 0 bridgehead atoms. The normalized spacial score (nSPS) is 17.2. The molecule has 0 fully saturated rings. The second-order valence-corrected chi connectivity index (χ2v) is 2.59. The average Bonchev–Trinajstić information content (AvgIpc) is 1.63. The third-order valence-corrected chi connectivity index (χ3v) is 1.50. The van der Waals surface area contributed by atoms with Gasteiger partial charge in [-0.1, -0.05) is 24.9 Å². The molecule has 0 aromatic rings. The summed E-state index contributed by atoms with van der Waals surface area (Å²) in [4.78, 5) is 0. The highest BCUT2D eigenvalue weighted by Gasteiger charge is 2.01. The monoisotopic (exact) mass is 171 g/mol. The van der Waals surface area contributed by atoms with Crippen LogP contribution in [0.15, 0.2) is 0 Å². The van der Waals surface area contributed by atoms with Crippen LogP contribution in [0.1, 0.15) is 19.8 Å². The van der Waals surface area contributed by atoms with Crippen LogP contribution < -0.4 is 0 Å². The molecule has 0 heterocycles. The van der Waals surface area contributed by atoms with Gasteiger partial charge in [0, 0.05) is 0 Å². The van der Waals surface area contributed by atoms with Gasteiger partial charge in [-0.05, 0) is 6.42 Å². The second-order valence-electron chi connectivity index (χ2n) is 1.50. The summed E-state index contributed by atoms with van der Waals surface area (Å²) in [5.41, 5.74) is -0.701. The van der Waals surface area contributed by atoms with Crippen LogP contribution in [0.4, 0.5) is 0 Å². The summed E-state index contributed by atoms with van der Waals surface area (Å²) in [7, 11) is 0.